The first-order valence-electron chi connectivity index (χ1n) is 17.6. The maximum atomic E-state index is 14.1. The normalized spacial score (nSPS) is 12.4. The molecule has 8 heteroatoms. The fraction of sp³-hybridized carbons (Fsp3) is 0.326. The van der Waals surface area contributed by atoms with Gasteiger partial charge in [0, 0.05) is 23.6 Å². The number of ether oxygens (including phenoxy) is 3. The molecule has 0 atom stereocenters. The molecule has 0 unspecified atom stereocenters. The number of rotatable bonds is 10. The van der Waals surface area contributed by atoms with Gasteiger partial charge in [-0.25, -0.2) is 9.36 Å². The predicted molar refractivity (Wildman–Crippen MR) is 209 cm³/mol. The molecule has 0 saturated heterocycles. The van der Waals surface area contributed by atoms with E-state index in [1.807, 2.05) is 45.0 Å². The Hall–Kier alpha value is -4.79. The molecule has 0 aliphatic carbocycles. The number of furan rings is 1. The van der Waals surface area contributed by atoms with E-state index in [9.17, 15) is 4.79 Å². The highest BCUT2D eigenvalue weighted by Gasteiger charge is 2.50. The van der Waals surface area contributed by atoms with E-state index in [1.165, 1.54) is 10.4 Å². The molecule has 2 heterocycles. The smallest absolute Gasteiger partial charge is 0.419 e. The summed E-state index contributed by atoms with van der Waals surface area (Å²) in [4.78, 5) is 14.1. The third-order valence-corrected chi connectivity index (χ3v) is 14.5. The van der Waals surface area contributed by atoms with Crippen LogP contribution in [0.15, 0.2) is 101 Å². The minimum Gasteiger partial charge on any atom is -0.497 e. The van der Waals surface area contributed by atoms with Gasteiger partial charge in [0.2, 0.25) is 0 Å². The first kappa shape index (κ1) is 36.0. The average molecular weight is 704 g/mol. The quantitative estimate of drug-likeness (QED) is 0.132. The van der Waals surface area contributed by atoms with Crippen LogP contribution in [-0.4, -0.2) is 45.4 Å². The molecule has 0 aliphatic rings. The Morgan fingerprint density at radius 1 is 0.804 bits per heavy atom. The minimum absolute atomic E-state index is 0.188. The van der Waals surface area contributed by atoms with E-state index in [-0.39, 0.29) is 5.04 Å². The van der Waals surface area contributed by atoms with Gasteiger partial charge in [-0.15, -0.1) is 0 Å². The van der Waals surface area contributed by atoms with Gasteiger partial charge in [0.05, 0.1) is 30.8 Å². The maximum absolute atomic E-state index is 14.1. The van der Waals surface area contributed by atoms with Gasteiger partial charge in [-0.05, 0) is 84.9 Å². The fourth-order valence-electron chi connectivity index (χ4n) is 7.16. The molecule has 6 rings (SSSR count). The Labute approximate surface area is 302 Å². The van der Waals surface area contributed by atoms with Crippen LogP contribution in [0.25, 0.3) is 33.3 Å². The zero-order chi connectivity index (χ0) is 36.6. The standard InChI is InChI=1S/C43H49NO6Si/c1-10-29-25-37(47-9)39-34(23-24-48-51(43(5,6)7,32-17-13-11-14-18-32)33-19-15-12-16-20-33)40(49-38(39)26-29)36-27-30-21-22-31(46-8)28-35(30)44(36)41(45)50-42(2,3)4/h11-22,25-28H,10,23-24H2,1-9H3. The van der Waals surface area contributed by atoms with Gasteiger partial charge in [0.15, 0.2) is 5.76 Å². The molecule has 0 fully saturated rings. The van der Waals surface area contributed by atoms with Crippen LogP contribution < -0.4 is 19.8 Å². The largest absolute Gasteiger partial charge is 0.497 e. The molecule has 0 radical (unpaired) electrons. The second kappa shape index (κ2) is 14.1. The average Bonchev–Trinajstić information content (AvgIpc) is 3.67. The van der Waals surface area contributed by atoms with E-state index >= 15 is 0 Å². The fourth-order valence-corrected chi connectivity index (χ4v) is 11.7. The van der Waals surface area contributed by atoms with Gasteiger partial charge in [-0.1, -0.05) is 88.4 Å². The Morgan fingerprint density at radius 2 is 1.45 bits per heavy atom. The van der Waals surface area contributed by atoms with Crippen molar-refractivity contribution in [2.45, 2.75) is 71.9 Å². The topological polar surface area (TPSA) is 72.1 Å². The van der Waals surface area contributed by atoms with Crippen molar-refractivity contribution in [2.75, 3.05) is 20.8 Å². The van der Waals surface area contributed by atoms with Crippen molar-refractivity contribution in [1.82, 2.24) is 4.57 Å². The van der Waals surface area contributed by atoms with E-state index in [2.05, 4.69) is 100 Å². The molecule has 4 aromatic carbocycles. The van der Waals surface area contributed by atoms with Crippen LogP contribution in [0.2, 0.25) is 5.04 Å². The molecule has 0 amide bonds. The Bertz CT molecular complexity index is 2110. The molecule has 7 nitrogen and oxygen atoms in total. The molecule has 6 aromatic rings. The number of carbonyl (C=O) groups excluding carboxylic acids is 1. The van der Waals surface area contributed by atoms with Gasteiger partial charge in [-0.3, -0.25) is 0 Å². The SMILES string of the molecule is CCc1cc(OC)c2c(CCO[Si](c3ccccc3)(c3ccccc3)C(C)(C)C)c(-c3cc4ccc(OC)cc4n3C(=O)OC(C)(C)C)oc2c1. The van der Waals surface area contributed by atoms with Crippen molar-refractivity contribution in [3.8, 4) is 23.0 Å². The summed E-state index contributed by atoms with van der Waals surface area (Å²) >= 11 is 0. The maximum Gasteiger partial charge on any atom is 0.419 e. The van der Waals surface area contributed by atoms with Crippen molar-refractivity contribution in [1.29, 1.82) is 0 Å². The number of benzene rings is 4. The van der Waals surface area contributed by atoms with Crippen LogP contribution in [-0.2, 0) is 22.0 Å². The highest BCUT2D eigenvalue weighted by atomic mass is 28.4. The number of aromatic nitrogens is 1. The first-order valence-corrected chi connectivity index (χ1v) is 19.5. The highest BCUT2D eigenvalue weighted by Crippen LogP contribution is 2.43. The second-order valence-electron chi connectivity index (χ2n) is 15.0. The summed E-state index contributed by atoms with van der Waals surface area (Å²) in [7, 11) is 0.471. The van der Waals surface area contributed by atoms with Gasteiger partial charge in [0.25, 0.3) is 8.32 Å². The molecular formula is C43H49NO6Si. The summed E-state index contributed by atoms with van der Waals surface area (Å²) in [5.41, 5.74) is 3.22. The number of aryl methyl sites for hydroxylation is 1. The van der Waals surface area contributed by atoms with Crippen LogP contribution in [0.3, 0.4) is 0 Å². The minimum atomic E-state index is -2.83. The second-order valence-corrected chi connectivity index (χ2v) is 19.3. The third kappa shape index (κ3) is 6.82. The Balaban J connectivity index is 1.55. The van der Waals surface area contributed by atoms with Crippen molar-refractivity contribution in [2.24, 2.45) is 0 Å². The zero-order valence-corrected chi connectivity index (χ0v) is 32.3. The number of hydrogen-bond donors (Lipinski definition) is 0. The summed E-state index contributed by atoms with van der Waals surface area (Å²) in [6, 6.07) is 33.1. The molecular weight excluding hydrogens is 655 g/mol. The lowest BCUT2D eigenvalue weighted by atomic mass is 10.0. The molecule has 51 heavy (non-hydrogen) atoms. The summed E-state index contributed by atoms with van der Waals surface area (Å²) in [6.07, 6.45) is 0.817. The summed E-state index contributed by atoms with van der Waals surface area (Å²) in [6.45, 7) is 14.9. The lowest BCUT2D eigenvalue weighted by molar-refractivity contribution is 0.0546. The number of carbonyl (C=O) groups is 1. The van der Waals surface area contributed by atoms with Crippen LogP contribution >= 0.6 is 0 Å². The third-order valence-electron chi connectivity index (χ3n) is 9.45. The van der Waals surface area contributed by atoms with Gasteiger partial charge < -0.3 is 23.1 Å². The van der Waals surface area contributed by atoms with E-state index in [1.54, 1.807) is 18.8 Å². The number of nitrogens with zero attached hydrogens (tertiary/aromatic N) is 1. The van der Waals surface area contributed by atoms with Gasteiger partial charge >= 0.3 is 6.09 Å². The van der Waals surface area contributed by atoms with Crippen molar-refractivity contribution >= 4 is 46.7 Å². The van der Waals surface area contributed by atoms with E-state index in [0.717, 1.165) is 34.1 Å². The van der Waals surface area contributed by atoms with Crippen molar-refractivity contribution < 1.29 is 27.8 Å². The number of fused-ring (bicyclic) bond motifs is 2. The Morgan fingerprint density at radius 3 is 2.00 bits per heavy atom. The van der Waals surface area contributed by atoms with Crippen molar-refractivity contribution in [3.05, 3.63) is 108 Å². The van der Waals surface area contributed by atoms with Crippen LogP contribution in [0.1, 0.15) is 59.6 Å². The highest BCUT2D eigenvalue weighted by molar-refractivity contribution is 6.99. The lowest BCUT2D eigenvalue weighted by Gasteiger charge is -2.43. The number of hydrogen-bond acceptors (Lipinski definition) is 6. The van der Waals surface area contributed by atoms with Crippen LogP contribution in [0.4, 0.5) is 4.79 Å². The van der Waals surface area contributed by atoms with E-state index in [4.69, 9.17) is 23.1 Å². The molecule has 0 spiro atoms. The number of methoxy groups -OCH3 is 2. The van der Waals surface area contributed by atoms with Gasteiger partial charge in [0.1, 0.15) is 22.7 Å². The van der Waals surface area contributed by atoms with Gasteiger partial charge in [-0.2, -0.15) is 0 Å². The lowest BCUT2D eigenvalue weighted by Crippen LogP contribution is -2.66. The van der Waals surface area contributed by atoms with Crippen LogP contribution in [0.5, 0.6) is 11.5 Å². The zero-order valence-electron chi connectivity index (χ0n) is 31.3. The molecule has 2 aromatic heterocycles. The molecule has 266 valence electrons. The van der Waals surface area contributed by atoms with E-state index < -0.39 is 20.0 Å². The van der Waals surface area contributed by atoms with E-state index in [0.29, 0.717) is 41.3 Å². The van der Waals surface area contributed by atoms with Crippen molar-refractivity contribution in [3.63, 3.8) is 0 Å². The summed E-state index contributed by atoms with van der Waals surface area (Å²) in [5.74, 6) is 1.93. The molecule has 0 saturated carbocycles. The first-order chi connectivity index (χ1) is 24.3. The predicted octanol–water partition coefficient (Wildman–Crippen LogP) is 9.54. The van der Waals surface area contributed by atoms with Crippen LogP contribution in [0, 0.1) is 0 Å². The summed E-state index contributed by atoms with van der Waals surface area (Å²) in [5, 5.41) is 3.96. The molecule has 0 N–H and O–H groups in total. The summed E-state index contributed by atoms with van der Waals surface area (Å²) < 4.78 is 33.4. The molecule has 0 aliphatic heterocycles. The molecule has 0 bridgehead atoms. The Kier molecular flexibility index (Phi) is 9.94. The monoisotopic (exact) mass is 703 g/mol.